The van der Waals surface area contributed by atoms with Crippen molar-refractivity contribution in [3.8, 4) is 0 Å². The molecule has 4 heterocycles. The summed E-state index contributed by atoms with van der Waals surface area (Å²) < 4.78 is 1.16. The van der Waals surface area contributed by atoms with Crippen LogP contribution in [0.2, 0.25) is 0 Å². The molecule has 0 N–H and O–H groups in total. The van der Waals surface area contributed by atoms with Gasteiger partial charge in [0.2, 0.25) is 0 Å². The van der Waals surface area contributed by atoms with Crippen LogP contribution in [0.1, 0.15) is 28.7 Å². The second kappa shape index (κ2) is 11.0. The molecule has 0 saturated carbocycles. The van der Waals surface area contributed by atoms with Crippen LogP contribution in [0.3, 0.4) is 0 Å². The molecule has 4 aromatic heterocycles. The predicted molar refractivity (Wildman–Crippen MR) is 137 cm³/mol. The van der Waals surface area contributed by atoms with Gasteiger partial charge in [0.1, 0.15) is 0 Å². The number of hydrogen-bond acceptors (Lipinski definition) is 5. The Kier molecular flexibility index (Phi) is 7.17. The fourth-order valence-corrected chi connectivity index (χ4v) is 4.44. The Hall–Kier alpha value is -4.26. The average molecular weight is 512 g/mol. The summed E-state index contributed by atoms with van der Waals surface area (Å²) in [6, 6.07) is 15.2. The van der Waals surface area contributed by atoms with E-state index >= 15 is 0 Å². The van der Waals surface area contributed by atoms with Gasteiger partial charge in [0.15, 0.2) is 5.78 Å². The number of ketones is 1. The molecule has 0 fully saturated rings. The van der Waals surface area contributed by atoms with Gasteiger partial charge in [-0.15, -0.1) is 0 Å². The van der Waals surface area contributed by atoms with Gasteiger partial charge in [0, 0.05) is 71.9 Å². The van der Waals surface area contributed by atoms with Crippen LogP contribution in [0.5, 0.6) is 0 Å². The molecule has 4 aromatic rings. The number of carbonyl (C=O) groups is 1. The third-order valence-electron chi connectivity index (χ3n) is 5.79. The topological polar surface area (TPSA) is 68.6 Å². The third-order valence-corrected chi connectivity index (χ3v) is 6.18. The fourth-order valence-electron chi connectivity index (χ4n) is 4.22. The molecular weight excluding hydrogens is 491 g/mol. The van der Waals surface area contributed by atoms with Crippen LogP contribution in [0, 0.1) is 0 Å². The molecule has 2 aliphatic rings. The van der Waals surface area contributed by atoms with E-state index in [9.17, 15) is 4.79 Å². The number of carbonyl (C=O) groups excluding carboxylic acids is 1. The molecule has 0 aliphatic heterocycles. The van der Waals surface area contributed by atoms with Crippen molar-refractivity contribution in [2.24, 2.45) is 0 Å². The summed E-state index contributed by atoms with van der Waals surface area (Å²) in [4.78, 5) is 30.4. The van der Waals surface area contributed by atoms with Crippen molar-refractivity contribution in [2.45, 2.75) is 6.42 Å². The molecule has 0 spiro atoms. The summed E-state index contributed by atoms with van der Waals surface area (Å²) in [6.07, 6.45) is 20.9. The van der Waals surface area contributed by atoms with Crippen molar-refractivity contribution in [3.05, 3.63) is 143 Å². The standard InChI is InChI=1S/C25H16N4O.C5H5.Co/c30-25-23(19-5-13-28-14-6-19)21(17-1-9-26-10-2-17)22(18-3-11-27-12-4-18)24(25)20-7-15-29-16-8-20;1-2-4-5-3-1;/h1-16H;1-3H,4H2;. The van der Waals surface area contributed by atoms with Gasteiger partial charge in [0.05, 0.1) is 0 Å². The summed E-state index contributed by atoms with van der Waals surface area (Å²) in [5.74, 6) is -0.0222. The predicted octanol–water partition coefficient (Wildman–Crippen LogP) is 5.75. The van der Waals surface area contributed by atoms with Gasteiger partial charge in [0.25, 0.3) is 0 Å². The first-order valence-corrected chi connectivity index (χ1v) is 11.9. The second-order valence-electron chi connectivity index (χ2n) is 7.99. The van der Waals surface area contributed by atoms with Crippen LogP contribution in [0.15, 0.2) is 121 Å². The molecule has 0 unspecified atom stereocenters. The van der Waals surface area contributed by atoms with E-state index in [-0.39, 0.29) is 5.78 Å². The zero-order valence-corrected chi connectivity index (χ0v) is 20.2. The van der Waals surface area contributed by atoms with E-state index in [0.717, 1.165) is 44.3 Å². The number of Topliss-reactive ketones (excluding diaryl/α,β-unsaturated/α-hetero) is 1. The van der Waals surface area contributed by atoms with Crippen molar-refractivity contribution in [2.75, 3.05) is 0 Å². The van der Waals surface area contributed by atoms with Gasteiger partial charge in [-0.3, -0.25) is 24.7 Å². The van der Waals surface area contributed by atoms with Crippen LogP contribution < -0.4 is 0 Å². The van der Waals surface area contributed by atoms with E-state index in [0.29, 0.717) is 11.1 Å². The van der Waals surface area contributed by atoms with E-state index in [4.69, 9.17) is 0 Å². The third kappa shape index (κ3) is 4.91. The zero-order chi connectivity index (χ0) is 24.7. The first-order chi connectivity index (χ1) is 17.7. The summed E-state index contributed by atoms with van der Waals surface area (Å²) in [5, 5.41) is 0. The maximum atomic E-state index is 13.9. The number of hydrogen-bond donors (Lipinski definition) is 0. The molecule has 0 bridgehead atoms. The quantitative estimate of drug-likeness (QED) is 0.349. The number of nitrogens with zero attached hydrogens (tertiary/aromatic N) is 4. The van der Waals surface area contributed by atoms with Crippen LogP contribution >= 0.6 is 0 Å². The van der Waals surface area contributed by atoms with Crippen molar-refractivity contribution in [3.63, 3.8) is 0 Å². The molecule has 6 rings (SSSR count). The van der Waals surface area contributed by atoms with Crippen LogP contribution in [0.4, 0.5) is 0 Å². The fraction of sp³-hybridized carbons (Fsp3) is 0.0333. The summed E-state index contributed by atoms with van der Waals surface area (Å²) >= 11 is 4.14. The van der Waals surface area contributed by atoms with Gasteiger partial charge >= 0.3 is 44.9 Å². The first-order valence-electron chi connectivity index (χ1n) is 11.4. The van der Waals surface area contributed by atoms with Gasteiger partial charge < -0.3 is 0 Å². The molecule has 36 heavy (non-hydrogen) atoms. The van der Waals surface area contributed by atoms with Gasteiger partial charge in [-0.2, -0.15) is 0 Å². The Morgan fingerprint density at radius 2 is 0.861 bits per heavy atom. The van der Waals surface area contributed by atoms with Crippen molar-refractivity contribution >= 4 is 28.1 Å². The second-order valence-corrected chi connectivity index (χ2v) is 8.66. The van der Waals surface area contributed by atoms with E-state index in [1.807, 2.05) is 60.7 Å². The maximum absolute atomic E-state index is 13.9. The van der Waals surface area contributed by atoms with Crippen molar-refractivity contribution < 1.29 is 20.5 Å². The van der Waals surface area contributed by atoms with Crippen LogP contribution in [-0.4, -0.2) is 25.7 Å². The number of rotatable bonds is 4. The molecule has 176 valence electrons. The number of pyridine rings is 4. The van der Waals surface area contributed by atoms with Gasteiger partial charge in [-0.05, 0) is 70.8 Å². The minimum atomic E-state index is -0.0222. The number of allylic oxidation sites excluding steroid dienone is 8. The summed E-state index contributed by atoms with van der Waals surface area (Å²) in [5.41, 5.74) is 6.60. The van der Waals surface area contributed by atoms with E-state index in [1.54, 1.807) is 49.6 Å². The minimum absolute atomic E-state index is 0.0222. The van der Waals surface area contributed by atoms with Crippen molar-refractivity contribution in [1.29, 1.82) is 0 Å². The van der Waals surface area contributed by atoms with E-state index < -0.39 is 0 Å². The molecule has 0 saturated heterocycles. The zero-order valence-electron chi connectivity index (χ0n) is 19.2. The SMILES string of the molecule is O=C1C(c2ccncc2)=C(c2ccncc2)C(c2ccncc2)=C1c1ccncc1.[Co][C]1=CC=CC1. The van der Waals surface area contributed by atoms with E-state index in [2.05, 4.69) is 41.7 Å². The molecule has 5 nitrogen and oxygen atoms in total. The summed E-state index contributed by atoms with van der Waals surface area (Å²) in [7, 11) is 0. The summed E-state index contributed by atoms with van der Waals surface area (Å²) in [6.45, 7) is 0. The Morgan fingerprint density at radius 3 is 1.11 bits per heavy atom. The molecular formula is C30H21CoN4O. The molecule has 0 amide bonds. The van der Waals surface area contributed by atoms with Gasteiger partial charge in [-0.25, -0.2) is 0 Å². The van der Waals surface area contributed by atoms with Gasteiger partial charge in [-0.1, -0.05) is 0 Å². The number of aromatic nitrogens is 4. The Morgan fingerprint density at radius 1 is 0.528 bits per heavy atom. The van der Waals surface area contributed by atoms with Crippen molar-refractivity contribution in [1.82, 2.24) is 19.9 Å². The normalized spacial score (nSPS) is 14.6. The van der Waals surface area contributed by atoms with Crippen LogP contribution in [-0.2, 0) is 20.5 Å². The monoisotopic (exact) mass is 512 g/mol. The Labute approximate surface area is 217 Å². The molecule has 2 aliphatic carbocycles. The Bertz CT molecular complexity index is 1390. The average Bonchev–Trinajstić information content (AvgIpc) is 3.55. The Balaban J connectivity index is 0.000000391. The molecule has 0 atom stereocenters. The molecule has 0 radical (unpaired) electrons. The molecule has 6 heteroatoms. The first kappa shape index (κ1) is 23.5. The van der Waals surface area contributed by atoms with Crippen LogP contribution in [0.25, 0.3) is 22.3 Å². The molecule has 0 aromatic carbocycles. The van der Waals surface area contributed by atoms with E-state index in [1.165, 1.54) is 0 Å².